The molecule has 0 aromatic heterocycles. The second-order valence-electron chi connectivity index (χ2n) is 7.40. The summed E-state index contributed by atoms with van der Waals surface area (Å²) in [6.07, 6.45) is 2.90. The number of carbonyl (C=O) groups is 1. The van der Waals surface area contributed by atoms with Crippen molar-refractivity contribution in [3.63, 3.8) is 0 Å². The summed E-state index contributed by atoms with van der Waals surface area (Å²) in [6, 6.07) is 7.74. The first-order chi connectivity index (χ1) is 12.2. The van der Waals surface area contributed by atoms with Crippen LogP contribution >= 0.6 is 12.4 Å². The van der Waals surface area contributed by atoms with E-state index in [-0.39, 0.29) is 29.3 Å². The number of sulfonamides is 1. The molecule has 8 heteroatoms. The summed E-state index contributed by atoms with van der Waals surface area (Å²) in [5.74, 6) is 0.211. The average Bonchev–Trinajstić information content (AvgIpc) is 2.65. The van der Waals surface area contributed by atoms with Gasteiger partial charge in [0, 0.05) is 26.2 Å². The van der Waals surface area contributed by atoms with Crippen molar-refractivity contribution >= 4 is 28.3 Å². The molecule has 1 aliphatic heterocycles. The molecule has 1 saturated heterocycles. The summed E-state index contributed by atoms with van der Waals surface area (Å²) in [5, 5.41) is 0. The van der Waals surface area contributed by atoms with Crippen molar-refractivity contribution in [3.05, 3.63) is 30.3 Å². The molecular weight excluding hydrogens is 386 g/mol. The van der Waals surface area contributed by atoms with E-state index in [1.807, 2.05) is 0 Å². The van der Waals surface area contributed by atoms with Gasteiger partial charge in [0.1, 0.15) is 6.04 Å². The third-order valence-electron chi connectivity index (χ3n) is 5.12. The van der Waals surface area contributed by atoms with Crippen LogP contribution in [0.2, 0.25) is 0 Å². The van der Waals surface area contributed by atoms with E-state index >= 15 is 0 Å². The minimum absolute atomic E-state index is 0. The van der Waals surface area contributed by atoms with E-state index in [0.717, 1.165) is 12.8 Å². The average molecular weight is 418 g/mol. The fourth-order valence-corrected chi connectivity index (χ4v) is 4.88. The number of likely N-dealkylation sites (N-methyl/N-ethyl adjacent to an activating group) is 1. The minimum Gasteiger partial charge on any atom is -0.344 e. The highest BCUT2D eigenvalue weighted by Crippen LogP contribution is 2.26. The molecule has 1 fully saturated rings. The number of hydrogen-bond donors (Lipinski definition) is 1. The lowest BCUT2D eigenvalue weighted by atomic mass is 10.0. The molecule has 1 heterocycles. The van der Waals surface area contributed by atoms with Gasteiger partial charge in [-0.2, -0.15) is 4.31 Å². The van der Waals surface area contributed by atoms with Gasteiger partial charge in [0.25, 0.3) is 0 Å². The maximum atomic E-state index is 13.0. The highest BCUT2D eigenvalue weighted by Gasteiger charge is 2.38. The number of rotatable bonds is 7. The predicted octanol–water partition coefficient (Wildman–Crippen LogP) is 2.48. The van der Waals surface area contributed by atoms with E-state index in [1.54, 1.807) is 42.3 Å². The third kappa shape index (κ3) is 5.91. The Balaban J connectivity index is 0.00000364. The summed E-state index contributed by atoms with van der Waals surface area (Å²) in [7, 11) is -1.94. The van der Waals surface area contributed by atoms with Gasteiger partial charge in [-0.1, -0.05) is 38.5 Å². The van der Waals surface area contributed by atoms with Crippen molar-refractivity contribution in [3.8, 4) is 0 Å². The van der Waals surface area contributed by atoms with Gasteiger partial charge in [0.15, 0.2) is 0 Å². The number of halogens is 1. The van der Waals surface area contributed by atoms with Crippen molar-refractivity contribution in [2.75, 3.05) is 20.1 Å². The van der Waals surface area contributed by atoms with Gasteiger partial charge < -0.3 is 10.6 Å². The van der Waals surface area contributed by atoms with Crippen LogP contribution in [0.4, 0.5) is 0 Å². The molecule has 0 aliphatic carbocycles. The summed E-state index contributed by atoms with van der Waals surface area (Å²) in [4.78, 5) is 14.8. The number of amides is 1. The fraction of sp³-hybridized carbons (Fsp3) is 0.632. The highest BCUT2D eigenvalue weighted by molar-refractivity contribution is 7.89. The van der Waals surface area contributed by atoms with Crippen LogP contribution in [0, 0.1) is 5.92 Å². The highest BCUT2D eigenvalue weighted by atomic mass is 35.5. The van der Waals surface area contributed by atoms with E-state index in [1.165, 1.54) is 4.31 Å². The smallest absolute Gasteiger partial charge is 0.243 e. The Morgan fingerprint density at radius 1 is 1.26 bits per heavy atom. The minimum atomic E-state index is -3.67. The molecule has 27 heavy (non-hydrogen) atoms. The molecule has 0 saturated carbocycles. The van der Waals surface area contributed by atoms with Crippen molar-refractivity contribution in [1.29, 1.82) is 0 Å². The zero-order chi connectivity index (χ0) is 19.3. The first-order valence-electron chi connectivity index (χ1n) is 9.32. The Bertz CT molecular complexity index is 697. The van der Waals surface area contributed by atoms with Gasteiger partial charge in [-0.25, -0.2) is 8.42 Å². The topological polar surface area (TPSA) is 83.7 Å². The molecule has 0 radical (unpaired) electrons. The number of benzene rings is 1. The van der Waals surface area contributed by atoms with E-state index in [4.69, 9.17) is 5.73 Å². The molecule has 2 atom stereocenters. The number of nitrogens with two attached hydrogens (primary N) is 1. The Hall–Kier alpha value is -1.15. The number of nitrogens with zero attached hydrogens (tertiary/aromatic N) is 2. The van der Waals surface area contributed by atoms with Crippen molar-refractivity contribution in [2.45, 2.75) is 56.5 Å². The monoisotopic (exact) mass is 417 g/mol. The largest absolute Gasteiger partial charge is 0.344 e. The van der Waals surface area contributed by atoms with Crippen molar-refractivity contribution in [2.24, 2.45) is 11.7 Å². The zero-order valence-corrected chi connectivity index (χ0v) is 18.0. The summed E-state index contributed by atoms with van der Waals surface area (Å²) < 4.78 is 27.4. The van der Waals surface area contributed by atoms with Crippen LogP contribution in [0.25, 0.3) is 0 Å². The number of hydrogen-bond acceptors (Lipinski definition) is 4. The molecule has 2 rings (SSSR count). The van der Waals surface area contributed by atoms with Crippen LogP contribution in [0.1, 0.15) is 39.5 Å². The van der Waals surface area contributed by atoms with Gasteiger partial charge in [0.2, 0.25) is 15.9 Å². The number of carbonyl (C=O) groups excluding carboxylic acids is 1. The number of piperidine rings is 1. The van der Waals surface area contributed by atoms with Crippen LogP contribution in [-0.2, 0) is 14.8 Å². The zero-order valence-electron chi connectivity index (χ0n) is 16.4. The van der Waals surface area contributed by atoms with Crippen LogP contribution < -0.4 is 5.73 Å². The van der Waals surface area contributed by atoms with E-state index < -0.39 is 16.1 Å². The molecular formula is C19H32ClN3O3S. The van der Waals surface area contributed by atoms with Gasteiger partial charge in [-0.05, 0) is 37.3 Å². The maximum Gasteiger partial charge on any atom is 0.243 e. The van der Waals surface area contributed by atoms with E-state index in [0.29, 0.717) is 31.8 Å². The van der Waals surface area contributed by atoms with Crippen molar-refractivity contribution < 1.29 is 13.2 Å². The second-order valence-corrected chi connectivity index (χ2v) is 9.29. The molecule has 1 aliphatic rings. The molecule has 0 spiro atoms. The molecule has 1 amide bonds. The van der Waals surface area contributed by atoms with Gasteiger partial charge in [0.05, 0.1) is 4.90 Å². The summed E-state index contributed by atoms with van der Waals surface area (Å²) in [5.41, 5.74) is 6.07. The van der Waals surface area contributed by atoms with Gasteiger partial charge >= 0.3 is 0 Å². The Morgan fingerprint density at radius 2 is 1.89 bits per heavy atom. The lowest BCUT2D eigenvalue weighted by Crippen LogP contribution is -2.52. The predicted molar refractivity (Wildman–Crippen MR) is 110 cm³/mol. The third-order valence-corrected chi connectivity index (χ3v) is 7.04. The normalized spacial score (nSPS) is 19.4. The molecule has 1 aromatic rings. The molecule has 2 N–H and O–H groups in total. The summed E-state index contributed by atoms with van der Waals surface area (Å²) in [6.45, 7) is 5.03. The molecule has 1 aromatic carbocycles. The Morgan fingerprint density at radius 3 is 2.48 bits per heavy atom. The Labute approximate surface area is 169 Å². The molecule has 6 nitrogen and oxygen atoms in total. The van der Waals surface area contributed by atoms with Crippen molar-refractivity contribution in [1.82, 2.24) is 9.21 Å². The van der Waals surface area contributed by atoms with E-state index in [2.05, 4.69) is 13.8 Å². The van der Waals surface area contributed by atoms with Gasteiger partial charge in [-0.3, -0.25) is 4.79 Å². The lowest BCUT2D eigenvalue weighted by Gasteiger charge is -2.36. The van der Waals surface area contributed by atoms with E-state index in [9.17, 15) is 13.2 Å². The SMILES string of the molecule is CC(C)C(N)CCN(C)C(=O)C1CCCCN1S(=O)(=O)c1ccccc1.Cl. The van der Waals surface area contributed by atoms with Crippen LogP contribution in [0.3, 0.4) is 0 Å². The second kappa shape index (κ2) is 10.4. The Kier molecular flexibility index (Phi) is 9.21. The summed E-state index contributed by atoms with van der Waals surface area (Å²) >= 11 is 0. The molecule has 154 valence electrons. The van der Waals surface area contributed by atoms with Crippen LogP contribution in [0.5, 0.6) is 0 Å². The van der Waals surface area contributed by atoms with Gasteiger partial charge in [-0.15, -0.1) is 12.4 Å². The quantitative estimate of drug-likeness (QED) is 0.738. The first kappa shape index (κ1) is 23.9. The molecule has 2 unspecified atom stereocenters. The standard InChI is InChI=1S/C19H31N3O3S.ClH/c1-15(2)17(20)12-14-21(3)19(23)18-11-7-8-13-22(18)26(24,25)16-9-5-4-6-10-16;/h4-6,9-10,15,17-18H,7-8,11-14,20H2,1-3H3;1H. The fourth-order valence-electron chi connectivity index (χ4n) is 3.21. The molecule has 0 bridgehead atoms. The van der Waals surface area contributed by atoms with Crippen LogP contribution in [-0.4, -0.2) is 55.8 Å². The maximum absolute atomic E-state index is 13.0. The van der Waals surface area contributed by atoms with Crippen LogP contribution in [0.15, 0.2) is 35.2 Å². The first-order valence-corrected chi connectivity index (χ1v) is 10.8. The lowest BCUT2D eigenvalue weighted by molar-refractivity contribution is -0.135.